The summed E-state index contributed by atoms with van der Waals surface area (Å²) >= 11 is 5.99. The third-order valence-corrected chi connectivity index (χ3v) is 6.71. The van der Waals surface area contributed by atoms with Crippen LogP contribution in [0.4, 0.5) is 0 Å². The van der Waals surface area contributed by atoms with E-state index in [9.17, 15) is 8.42 Å². The average Bonchev–Trinajstić information content (AvgIpc) is 2.51. The van der Waals surface area contributed by atoms with Crippen LogP contribution in [0.3, 0.4) is 0 Å². The fraction of sp³-hybridized carbons (Fsp3) is 1.00. The van der Waals surface area contributed by atoms with Gasteiger partial charge in [-0.2, -0.15) is 17.0 Å². The molecule has 0 saturated carbocycles. The van der Waals surface area contributed by atoms with Crippen molar-refractivity contribution < 1.29 is 13.2 Å². The summed E-state index contributed by atoms with van der Waals surface area (Å²) in [4.78, 5) is 0. The van der Waals surface area contributed by atoms with Gasteiger partial charge in [0.2, 0.25) is 0 Å². The molecular weight excluding hydrogens is 312 g/mol. The standard InChI is InChI=1S/C14H29ClN2O3S/c1-4-13(5-2)17(10-11-20-3)21(18,19)16-9-7-6-8-14(16)12-15/h13-14H,4-12H2,1-3H3. The van der Waals surface area contributed by atoms with Crippen molar-refractivity contribution >= 4 is 21.8 Å². The molecule has 1 saturated heterocycles. The molecule has 0 amide bonds. The van der Waals surface area contributed by atoms with Crippen LogP contribution in [-0.4, -0.2) is 61.8 Å². The molecular formula is C14H29ClN2O3S. The Labute approximate surface area is 134 Å². The molecule has 1 aliphatic rings. The summed E-state index contributed by atoms with van der Waals surface area (Å²) in [5.74, 6) is 0.361. The van der Waals surface area contributed by atoms with E-state index in [2.05, 4.69) is 0 Å². The smallest absolute Gasteiger partial charge is 0.282 e. The van der Waals surface area contributed by atoms with Gasteiger partial charge >= 0.3 is 0 Å². The Balaban J connectivity index is 3.00. The second kappa shape index (κ2) is 9.30. The van der Waals surface area contributed by atoms with E-state index in [1.54, 1.807) is 15.7 Å². The van der Waals surface area contributed by atoms with Crippen LogP contribution in [0.2, 0.25) is 0 Å². The van der Waals surface area contributed by atoms with Crippen LogP contribution >= 0.6 is 11.6 Å². The molecule has 0 spiro atoms. The summed E-state index contributed by atoms with van der Waals surface area (Å²) in [6, 6.07) is -0.0622. The van der Waals surface area contributed by atoms with E-state index in [-0.39, 0.29) is 12.1 Å². The Morgan fingerprint density at radius 3 is 2.52 bits per heavy atom. The number of rotatable bonds is 9. The quantitative estimate of drug-likeness (QED) is 0.606. The Morgan fingerprint density at radius 1 is 1.33 bits per heavy atom. The fourth-order valence-corrected chi connectivity index (χ4v) is 5.50. The molecule has 0 bridgehead atoms. The first-order valence-electron chi connectivity index (χ1n) is 7.86. The van der Waals surface area contributed by atoms with Crippen LogP contribution < -0.4 is 0 Å². The lowest BCUT2D eigenvalue weighted by molar-refractivity contribution is 0.153. The molecule has 0 radical (unpaired) electrons. The Bertz CT molecular complexity index is 388. The highest BCUT2D eigenvalue weighted by Gasteiger charge is 2.38. The topological polar surface area (TPSA) is 49.9 Å². The van der Waals surface area contributed by atoms with Crippen molar-refractivity contribution in [3.8, 4) is 0 Å². The third-order valence-electron chi connectivity index (χ3n) is 4.21. The number of methoxy groups -OCH3 is 1. The molecule has 0 aromatic heterocycles. The van der Waals surface area contributed by atoms with Crippen molar-refractivity contribution in [3.63, 3.8) is 0 Å². The predicted octanol–water partition coefficient (Wildman–Crippen LogP) is 2.46. The fourth-order valence-electron chi connectivity index (χ4n) is 2.93. The zero-order chi connectivity index (χ0) is 15.9. The van der Waals surface area contributed by atoms with Gasteiger partial charge in [0.25, 0.3) is 10.2 Å². The van der Waals surface area contributed by atoms with E-state index in [0.717, 1.165) is 32.1 Å². The highest BCUT2D eigenvalue weighted by atomic mass is 35.5. The zero-order valence-electron chi connectivity index (χ0n) is 13.4. The van der Waals surface area contributed by atoms with Gasteiger partial charge in [-0.25, -0.2) is 0 Å². The number of ether oxygens (including phenoxy) is 1. The van der Waals surface area contributed by atoms with Crippen molar-refractivity contribution in [1.29, 1.82) is 0 Å². The summed E-state index contributed by atoms with van der Waals surface area (Å²) in [5, 5.41) is 0. The lowest BCUT2D eigenvalue weighted by Crippen LogP contribution is -2.54. The van der Waals surface area contributed by atoms with Crippen LogP contribution in [-0.2, 0) is 14.9 Å². The van der Waals surface area contributed by atoms with Gasteiger partial charge in [-0.3, -0.25) is 0 Å². The molecule has 0 aromatic rings. The van der Waals surface area contributed by atoms with Crippen LogP contribution in [0.25, 0.3) is 0 Å². The molecule has 1 aliphatic heterocycles. The number of hydrogen-bond donors (Lipinski definition) is 0. The second-order valence-corrected chi connectivity index (χ2v) is 7.64. The molecule has 7 heteroatoms. The van der Waals surface area contributed by atoms with Gasteiger partial charge in [0.05, 0.1) is 6.61 Å². The summed E-state index contributed by atoms with van der Waals surface area (Å²) in [7, 11) is -1.88. The van der Waals surface area contributed by atoms with Crippen LogP contribution in [0.5, 0.6) is 0 Å². The van der Waals surface area contributed by atoms with Crippen molar-refractivity contribution in [3.05, 3.63) is 0 Å². The van der Waals surface area contributed by atoms with E-state index in [1.807, 2.05) is 13.8 Å². The Morgan fingerprint density at radius 2 is 2.00 bits per heavy atom. The molecule has 1 atom stereocenters. The minimum Gasteiger partial charge on any atom is -0.383 e. The van der Waals surface area contributed by atoms with E-state index in [4.69, 9.17) is 16.3 Å². The molecule has 0 N–H and O–H groups in total. The van der Waals surface area contributed by atoms with Crippen molar-refractivity contribution in [1.82, 2.24) is 8.61 Å². The minimum atomic E-state index is -3.48. The van der Waals surface area contributed by atoms with E-state index in [1.165, 1.54) is 0 Å². The van der Waals surface area contributed by atoms with Crippen LogP contribution in [0.1, 0.15) is 46.0 Å². The molecule has 126 valence electrons. The first kappa shape index (κ1) is 19.2. The normalized spacial score (nSPS) is 21.3. The number of nitrogens with zero attached hydrogens (tertiary/aromatic N) is 2. The van der Waals surface area contributed by atoms with Crippen LogP contribution in [0, 0.1) is 0 Å². The molecule has 0 aliphatic carbocycles. The molecule has 1 rings (SSSR count). The van der Waals surface area contributed by atoms with Gasteiger partial charge in [-0.05, 0) is 25.7 Å². The molecule has 21 heavy (non-hydrogen) atoms. The maximum atomic E-state index is 13.1. The van der Waals surface area contributed by atoms with Gasteiger partial charge in [-0.1, -0.05) is 20.3 Å². The Hall–Kier alpha value is 0.120. The lowest BCUT2D eigenvalue weighted by atomic mass is 10.1. The number of piperidine rings is 1. The summed E-state index contributed by atoms with van der Waals surface area (Å²) in [5.41, 5.74) is 0. The van der Waals surface area contributed by atoms with Crippen molar-refractivity contribution in [2.24, 2.45) is 0 Å². The number of halogens is 1. The second-order valence-electron chi connectivity index (χ2n) is 5.50. The van der Waals surface area contributed by atoms with E-state index < -0.39 is 10.2 Å². The van der Waals surface area contributed by atoms with Crippen molar-refractivity contribution in [2.45, 2.75) is 58.0 Å². The molecule has 5 nitrogen and oxygen atoms in total. The van der Waals surface area contributed by atoms with Crippen LogP contribution in [0.15, 0.2) is 0 Å². The van der Waals surface area contributed by atoms with Gasteiger partial charge in [0, 0.05) is 38.2 Å². The zero-order valence-corrected chi connectivity index (χ0v) is 15.0. The summed E-state index contributed by atoms with van der Waals surface area (Å²) in [6.45, 7) is 5.44. The average molecular weight is 341 g/mol. The first-order chi connectivity index (χ1) is 10.0. The largest absolute Gasteiger partial charge is 0.383 e. The highest BCUT2D eigenvalue weighted by molar-refractivity contribution is 7.86. The first-order valence-corrected chi connectivity index (χ1v) is 9.79. The number of hydrogen-bond acceptors (Lipinski definition) is 3. The molecule has 1 heterocycles. The highest BCUT2D eigenvalue weighted by Crippen LogP contribution is 2.26. The third kappa shape index (κ3) is 4.79. The van der Waals surface area contributed by atoms with Gasteiger partial charge in [0.1, 0.15) is 0 Å². The van der Waals surface area contributed by atoms with Gasteiger partial charge in [0.15, 0.2) is 0 Å². The Kier molecular flexibility index (Phi) is 8.49. The monoisotopic (exact) mass is 340 g/mol. The van der Waals surface area contributed by atoms with Crippen molar-refractivity contribution in [2.75, 3.05) is 32.7 Å². The molecule has 0 aromatic carbocycles. The van der Waals surface area contributed by atoms with E-state index >= 15 is 0 Å². The molecule has 1 fully saturated rings. The molecule has 1 unspecified atom stereocenters. The minimum absolute atomic E-state index is 0.0167. The van der Waals surface area contributed by atoms with Gasteiger partial charge in [-0.15, -0.1) is 11.6 Å². The van der Waals surface area contributed by atoms with Gasteiger partial charge < -0.3 is 4.74 Å². The predicted molar refractivity (Wildman–Crippen MR) is 86.9 cm³/mol. The maximum absolute atomic E-state index is 13.1. The van der Waals surface area contributed by atoms with E-state index in [0.29, 0.717) is 25.6 Å². The maximum Gasteiger partial charge on any atom is 0.282 e. The SMILES string of the molecule is CCC(CC)N(CCOC)S(=O)(=O)N1CCCCC1CCl. The summed E-state index contributed by atoms with van der Waals surface area (Å²) < 4.78 is 34.4. The number of alkyl halides is 1. The lowest BCUT2D eigenvalue weighted by Gasteiger charge is -2.39. The summed E-state index contributed by atoms with van der Waals surface area (Å²) in [6.07, 6.45) is 4.42.